The molecule has 0 bridgehead atoms. The molecule has 0 N–H and O–H groups in total. The molecule has 1 aliphatic rings. The number of aromatic nitrogens is 3. The summed E-state index contributed by atoms with van der Waals surface area (Å²) in [6, 6.07) is 5.38. The van der Waals surface area contributed by atoms with Crippen LogP contribution in [0.2, 0.25) is 0 Å². The van der Waals surface area contributed by atoms with Crippen LogP contribution in [0.1, 0.15) is 36.1 Å². The van der Waals surface area contributed by atoms with Gasteiger partial charge in [0.2, 0.25) is 0 Å². The van der Waals surface area contributed by atoms with Gasteiger partial charge in [0.05, 0.1) is 23.6 Å². The van der Waals surface area contributed by atoms with E-state index in [1.165, 1.54) is 12.3 Å². The summed E-state index contributed by atoms with van der Waals surface area (Å²) in [7, 11) is 4.06. The number of hydrogen-bond donors (Lipinski definition) is 0. The predicted octanol–water partition coefficient (Wildman–Crippen LogP) is 2.41. The SMILES string of the molecule is CN(C)Cc1ccnc(C2CCCN2Cc2ccc(F)cn2)n1. The summed E-state index contributed by atoms with van der Waals surface area (Å²) < 4.78 is 13.0. The lowest BCUT2D eigenvalue weighted by molar-refractivity contribution is 0.236. The monoisotopic (exact) mass is 315 g/mol. The lowest BCUT2D eigenvalue weighted by Crippen LogP contribution is -2.25. The van der Waals surface area contributed by atoms with E-state index in [-0.39, 0.29) is 11.9 Å². The molecule has 0 spiro atoms. The highest BCUT2D eigenvalue weighted by Crippen LogP contribution is 2.30. The maximum atomic E-state index is 13.0. The van der Waals surface area contributed by atoms with Gasteiger partial charge in [-0.1, -0.05) is 0 Å². The summed E-state index contributed by atoms with van der Waals surface area (Å²) >= 11 is 0. The number of rotatable bonds is 5. The first kappa shape index (κ1) is 16.0. The molecule has 3 rings (SSSR count). The topological polar surface area (TPSA) is 45.2 Å². The fourth-order valence-electron chi connectivity index (χ4n) is 3.00. The molecule has 0 aliphatic carbocycles. The predicted molar refractivity (Wildman–Crippen MR) is 86.0 cm³/mol. The minimum absolute atomic E-state index is 0.212. The van der Waals surface area contributed by atoms with Gasteiger partial charge in [-0.25, -0.2) is 14.4 Å². The zero-order chi connectivity index (χ0) is 16.2. The van der Waals surface area contributed by atoms with Crippen molar-refractivity contribution >= 4 is 0 Å². The Balaban J connectivity index is 1.74. The van der Waals surface area contributed by atoms with Crippen molar-refractivity contribution in [3.8, 4) is 0 Å². The molecule has 1 fully saturated rings. The number of pyridine rings is 1. The molecule has 0 amide bonds. The third-order valence-electron chi connectivity index (χ3n) is 4.03. The van der Waals surface area contributed by atoms with Crippen molar-refractivity contribution in [2.75, 3.05) is 20.6 Å². The average Bonchev–Trinajstić information content (AvgIpc) is 2.97. The van der Waals surface area contributed by atoms with Crippen LogP contribution in [-0.4, -0.2) is 45.4 Å². The molecule has 0 radical (unpaired) electrons. The first-order valence-corrected chi connectivity index (χ1v) is 7.93. The van der Waals surface area contributed by atoms with Gasteiger partial charge in [0.25, 0.3) is 0 Å². The molecule has 23 heavy (non-hydrogen) atoms. The molecular formula is C17H22FN5. The Morgan fingerprint density at radius 1 is 1.22 bits per heavy atom. The molecule has 2 aromatic heterocycles. The molecular weight excluding hydrogens is 293 g/mol. The van der Waals surface area contributed by atoms with Crippen molar-refractivity contribution < 1.29 is 4.39 Å². The van der Waals surface area contributed by atoms with Crippen LogP contribution in [0.5, 0.6) is 0 Å². The van der Waals surface area contributed by atoms with E-state index in [9.17, 15) is 4.39 Å². The summed E-state index contributed by atoms with van der Waals surface area (Å²) in [5.41, 5.74) is 1.91. The van der Waals surface area contributed by atoms with Gasteiger partial charge in [0, 0.05) is 19.3 Å². The molecule has 6 heteroatoms. The second-order valence-electron chi connectivity index (χ2n) is 6.24. The van der Waals surface area contributed by atoms with Gasteiger partial charge in [-0.3, -0.25) is 9.88 Å². The van der Waals surface area contributed by atoms with E-state index >= 15 is 0 Å². The Kier molecular flexibility index (Phi) is 4.93. The molecule has 1 saturated heterocycles. The molecule has 3 heterocycles. The third-order valence-corrected chi connectivity index (χ3v) is 4.03. The van der Waals surface area contributed by atoms with Gasteiger partial charge < -0.3 is 4.90 Å². The Morgan fingerprint density at radius 2 is 2.09 bits per heavy atom. The number of likely N-dealkylation sites (tertiary alicyclic amines) is 1. The Morgan fingerprint density at radius 3 is 2.83 bits per heavy atom. The molecule has 0 aromatic carbocycles. The minimum Gasteiger partial charge on any atom is -0.304 e. The number of hydrogen-bond acceptors (Lipinski definition) is 5. The molecule has 1 aliphatic heterocycles. The van der Waals surface area contributed by atoms with Crippen LogP contribution in [0, 0.1) is 5.82 Å². The second kappa shape index (κ2) is 7.10. The Labute approximate surface area is 136 Å². The van der Waals surface area contributed by atoms with E-state index in [1.54, 1.807) is 6.07 Å². The van der Waals surface area contributed by atoms with Gasteiger partial charge in [-0.2, -0.15) is 0 Å². The van der Waals surface area contributed by atoms with Crippen molar-refractivity contribution in [2.24, 2.45) is 0 Å². The fraction of sp³-hybridized carbons (Fsp3) is 0.471. The van der Waals surface area contributed by atoms with Crippen LogP contribution >= 0.6 is 0 Å². The van der Waals surface area contributed by atoms with Crippen molar-refractivity contribution in [3.05, 3.63) is 53.6 Å². The lowest BCUT2D eigenvalue weighted by Gasteiger charge is -2.23. The molecule has 2 aromatic rings. The maximum absolute atomic E-state index is 13.0. The second-order valence-corrected chi connectivity index (χ2v) is 6.24. The maximum Gasteiger partial charge on any atom is 0.145 e. The lowest BCUT2D eigenvalue weighted by atomic mass is 10.2. The van der Waals surface area contributed by atoms with Crippen molar-refractivity contribution in [2.45, 2.75) is 32.0 Å². The Bertz CT molecular complexity index is 644. The minimum atomic E-state index is -0.300. The average molecular weight is 315 g/mol. The highest BCUT2D eigenvalue weighted by atomic mass is 19.1. The van der Waals surface area contributed by atoms with Gasteiger partial charge in [0.1, 0.15) is 11.6 Å². The summed E-state index contributed by atoms with van der Waals surface area (Å²) in [4.78, 5) is 17.8. The summed E-state index contributed by atoms with van der Waals surface area (Å²) in [5.74, 6) is 0.579. The first-order chi connectivity index (χ1) is 11.1. The van der Waals surface area contributed by atoms with Crippen LogP contribution in [0.15, 0.2) is 30.6 Å². The van der Waals surface area contributed by atoms with Crippen LogP contribution in [0.3, 0.4) is 0 Å². The number of halogens is 1. The Hall–Kier alpha value is -1.92. The van der Waals surface area contributed by atoms with Gasteiger partial charge in [-0.15, -0.1) is 0 Å². The van der Waals surface area contributed by atoms with E-state index in [4.69, 9.17) is 4.98 Å². The van der Waals surface area contributed by atoms with E-state index in [0.717, 1.165) is 43.1 Å². The van der Waals surface area contributed by atoms with E-state index in [2.05, 4.69) is 19.8 Å². The van der Waals surface area contributed by atoms with Crippen molar-refractivity contribution in [1.29, 1.82) is 0 Å². The summed E-state index contributed by atoms with van der Waals surface area (Å²) in [6.45, 7) is 2.50. The quantitative estimate of drug-likeness (QED) is 0.848. The molecule has 122 valence electrons. The molecule has 0 saturated carbocycles. The normalized spacial score (nSPS) is 18.7. The van der Waals surface area contributed by atoms with Crippen molar-refractivity contribution in [3.63, 3.8) is 0 Å². The van der Waals surface area contributed by atoms with Gasteiger partial charge in [0.15, 0.2) is 0 Å². The summed E-state index contributed by atoms with van der Waals surface area (Å²) in [5, 5.41) is 0. The highest BCUT2D eigenvalue weighted by Gasteiger charge is 2.28. The fourth-order valence-corrected chi connectivity index (χ4v) is 3.00. The van der Waals surface area contributed by atoms with Crippen LogP contribution in [0.4, 0.5) is 4.39 Å². The van der Waals surface area contributed by atoms with E-state index in [1.807, 2.05) is 26.4 Å². The molecule has 5 nitrogen and oxygen atoms in total. The zero-order valence-corrected chi connectivity index (χ0v) is 13.6. The van der Waals surface area contributed by atoms with E-state index in [0.29, 0.717) is 6.54 Å². The first-order valence-electron chi connectivity index (χ1n) is 7.93. The standard InChI is InChI=1S/C17H22FN5/c1-22(2)11-15-7-8-19-17(21-15)16-4-3-9-23(16)12-14-6-5-13(18)10-20-14/h5-8,10,16H,3-4,9,11-12H2,1-2H3. The zero-order valence-electron chi connectivity index (χ0n) is 13.6. The van der Waals surface area contributed by atoms with Gasteiger partial charge >= 0.3 is 0 Å². The van der Waals surface area contributed by atoms with E-state index < -0.39 is 0 Å². The largest absolute Gasteiger partial charge is 0.304 e. The van der Waals surface area contributed by atoms with Gasteiger partial charge in [-0.05, 0) is 51.7 Å². The van der Waals surface area contributed by atoms with Crippen LogP contribution in [0.25, 0.3) is 0 Å². The van der Waals surface area contributed by atoms with Crippen LogP contribution < -0.4 is 0 Å². The molecule has 1 atom stereocenters. The van der Waals surface area contributed by atoms with Crippen LogP contribution in [-0.2, 0) is 13.1 Å². The molecule has 1 unspecified atom stereocenters. The third kappa shape index (κ3) is 4.09. The summed E-state index contributed by atoms with van der Waals surface area (Å²) in [6.07, 6.45) is 5.28. The highest BCUT2D eigenvalue weighted by molar-refractivity contribution is 5.09. The number of nitrogens with zero attached hydrogens (tertiary/aromatic N) is 5. The van der Waals surface area contributed by atoms with Crippen molar-refractivity contribution in [1.82, 2.24) is 24.8 Å². The smallest absolute Gasteiger partial charge is 0.145 e.